The number of aromatic nitrogens is 4. The van der Waals surface area contributed by atoms with Crippen molar-refractivity contribution in [2.45, 2.75) is 44.4 Å². The van der Waals surface area contributed by atoms with Crippen molar-refractivity contribution in [3.8, 4) is 0 Å². The van der Waals surface area contributed by atoms with Crippen molar-refractivity contribution in [1.29, 1.82) is 0 Å². The molecule has 0 aliphatic heterocycles. The number of benzene rings is 1. The van der Waals surface area contributed by atoms with Gasteiger partial charge >= 0.3 is 6.18 Å². The summed E-state index contributed by atoms with van der Waals surface area (Å²) in [6, 6.07) is 7.82. The molecule has 4 rings (SSSR count). The van der Waals surface area contributed by atoms with Crippen LogP contribution in [0.1, 0.15) is 42.1 Å². The third-order valence-corrected chi connectivity index (χ3v) is 6.20. The number of hydrogen-bond donors (Lipinski definition) is 1. The molecular formula is C20H18Br2F3N5O. The number of anilines is 1. The lowest BCUT2D eigenvalue weighted by Crippen LogP contribution is -2.16. The van der Waals surface area contributed by atoms with Gasteiger partial charge in [0.15, 0.2) is 5.69 Å². The summed E-state index contributed by atoms with van der Waals surface area (Å²) in [5.74, 6) is -0.261. The first-order valence-electron chi connectivity index (χ1n) is 9.61. The van der Waals surface area contributed by atoms with E-state index in [4.69, 9.17) is 0 Å². The number of aryl methyl sites for hydroxylation is 1. The Labute approximate surface area is 193 Å². The van der Waals surface area contributed by atoms with Crippen LogP contribution in [0.5, 0.6) is 0 Å². The maximum atomic E-state index is 13.2. The number of rotatable bonds is 7. The monoisotopic (exact) mass is 559 g/mol. The number of nitrogens with one attached hydrogen (secondary N) is 1. The molecule has 3 aromatic rings. The maximum Gasteiger partial charge on any atom is 0.436 e. The van der Waals surface area contributed by atoms with E-state index < -0.39 is 11.9 Å². The average Bonchev–Trinajstić information content (AvgIpc) is 3.34. The molecule has 1 N–H and O–H groups in total. The summed E-state index contributed by atoms with van der Waals surface area (Å²) in [6.07, 6.45) is 0.361. The lowest BCUT2D eigenvalue weighted by Gasteiger charge is -2.07. The summed E-state index contributed by atoms with van der Waals surface area (Å²) < 4.78 is 43.6. The van der Waals surface area contributed by atoms with E-state index in [1.54, 1.807) is 17.1 Å². The molecule has 164 valence electrons. The molecule has 1 aliphatic rings. The van der Waals surface area contributed by atoms with Crippen LogP contribution in [0.3, 0.4) is 0 Å². The van der Waals surface area contributed by atoms with Gasteiger partial charge in [0.2, 0.25) is 5.91 Å². The Morgan fingerprint density at radius 3 is 2.55 bits per heavy atom. The zero-order chi connectivity index (χ0) is 22.2. The van der Waals surface area contributed by atoms with E-state index in [1.807, 2.05) is 24.3 Å². The van der Waals surface area contributed by atoms with Crippen LogP contribution < -0.4 is 5.32 Å². The van der Waals surface area contributed by atoms with Gasteiger partial charge in [0, 0.05) is 23.0 Å². The van der Waals surface area contributed by atoms with Crippen LogP contribution in [0.4, 0.5) is 18.9 Å². The summed E-state index contributed by atoms with van der Waals surface area (Å²) in [4.78, 5) is 12.3. The number of amides is 1. The fourth-order valence-electron chi connectivity index (χ4n) is 3.27. The first-order chi connectivity index (χ1) is 14.7. The third-order valence-electron chi connectivity index (χ3n) is 4.89. The van der Waals surface area contributed by atoms with Gasteiger partial charge in [-0.2, -0.15) is 23.4 Å². The number of alkyl halides is 3. The summed E-state index contributed by atoms with van der Waals surface area (Å²) in [5, 5.41) is 10.7. The molecule has 0 bridgehead atoms. The summed E-state index contributed by atoms with van der Waals surface area (Å²) in [6.45, 7) is 0.620. The van der Waals surface area contributed by atoms with Gasteiger partial charge in [0.1, 0.15) is 0 Å². The van der Waals surface area contributed by atoms with Gasteiger partial charge in [0.25, 0.3) is 0 Å². The van der Waals surface area contributed by atoms with E-state index in [0.29, 0.717) is 17.9 Å². The van der Waals surface area contributed by atoms with E-state index in [9.17, 15) is 18.0 Å². The summed E-state index contributed by atoms with van der Waals surface area (Å²) in [7, 11) is 0. The Kier molecular flexibility index (Phi) is 6.25. The molecule has 2 heterocycles. The van der Waals surface area contributed by atoms with Crippen LogP contribution >= 0.6 is 31.9 Å². The summed E-state index contributed by atoms with van der Waals surface area (Å²) >= 11 is 6.45. The molecule has 1 amide bonds. The van der Waals surface area contributed by atoms with Gasteiger partial charge in [0.05, 0.1) is 35.1 Å². The second-order valence-electron chi connectivity index (χ2n) is 7.39. The maximum absolute atomic E-state index is 13.2. The number of carbonyl (C=O) groups is 1. The highest BCUT2D eigenvalue weighted by atomic mass is 79.9. The van der Waals surface area contributed by atoms with Crippen molar-refractivity contribution in [2.24, 2.45) is 0 Å². The van der Waals surface area contributed by atoms with Crippen molar-refractivity contribution >= 4 is 43.5 Å². The molecule has 0 radical (unpaired) electrons. The second kappa shape index (κ2) is 8.78. The predicted molar refractivity (Wildman–Crippen MR) is 116 cm³/mol. The minimum Gasteiger partial charge on any atom is -0.323 e. The number of nitrogens with zero attached hydrogens (tertiary/aromatic N) is 4. The number of hydrogen-bond acceptors (Lipinski definition) is 3. The Bertz CT molecular complexity index is 1090. The lowest BCUT2D eigenvalue weighted by atomic mass is 10.2. The van der Waals surface area contributed by atoms with Gasteiger partial charge in [-0.05, 0) is 46.5 Å². The molecule has 0 spiro atoms. The highest BCUT2D eigenvalue weighted by Gasteiger charge is 2.41. The molecule has 1 saturated carbocycles. The van der Waals surface area contributed by atoms with Crippen LogP contribution in [0.15, 0.2) is 45.6 Å². The smallest absolute Gasteiger partial charge is 0.323 e. The normalized spacial score (nSPS) is 14.1. The second-order valence-corrected chi connectivity index (χ2v) is 9.10. The quantitative estimate of drug-likeness (QED) is 0.410. The molecule has 1 aromatic carbocycles. The SMILES string of the molecule is O=C(CCn1nc(C(F)(F)F)c(Br)c1C1CC1)Nc1cnn(Cc2ccc(Br)cc2)c1. The van der Waals surface area contributed by atoms with Crippen LogP contribution in [0.25, 0.3) is 0 Å². The van der Waals surface area contributed by atoms with Gasteiger partial charge in [-0.3, -0.25) is 14.2 Å². The summed E-state index contributed by atoms with van der Waals surface area (Å²) in [5.41, 5.74) is 1.16. The molecule has 0 unspecified atom stereocenters. The molecule has 31 heavy (non-hydrogen) atoms. The molecule has 11 heteroatoms. The van der Waals surface area contributed by atoms with Gasteiger partial charge < -0.3 is 5.32 Å². The number of carbonyl (C=O) groups excluding carboxylic acids is 1. The van der Waals surface area contributed by atoms with Crippen LogP contribution in [0, 0.1) is 0 Å². The topological polar surface area (TPSA) is 64.7 Å². The van der Waals surface area contributed by atoms with Crippen LogP contribution in [0.2, 0.25) is 0 Å². The van der Waals surface area contributed by atoms with E-state index in [2.05, 4.69) is 47.4 Å². The minimum atomic E-state index is -4.54. The Morgan fingerprint density at radius 1 is 1.19 bits per heavy atom. The molecule has 6 nitrogen and oxygen atoms in total. The van der Waals surface area contributed by atoms with E-state index in [-0.39, 0.29) is 29.3 Å². The van der Waals surface area contributed by atoms with Gasteiger partial charge in [-0.15, -0.1) is 0 Å². The number of halogens is 5. The largest absolute Gasteiger partial charge is 0.436 e. The first kappa shape index (κ1) is 22.1. The van der Waals surface area contributed by atoms with Crippen molar-refractivity contribution < 1.29 is 18.0 Å². The van der Waals surface area contributed by atoms with Crippen molar-refractivity contribution in [3.05, 3.63) is 62.6 Å². The van der Waals surface area contributed by atoms with Crippen molar-refractivity contribution in [3.63, 3.8) is 0 Å². The third kappa shape index (κ3) is 5.38. The lowest BCUT2D eigenvalue weighted by molar-refractivity contribution is -0.142. The highest BCUT2D eigenvalue weighted by Crippen LogP contribution is 2.47. The predicted octanol–water partition coefficient (Wildman–Crippen LogP) is 5.58. The minimum absolute atomic E-state index is 0.00301. The Balaban J connectivity index is 1.37. The molecule has 2 aromatic heterocycles. The Morgan fingerprint density at radius 2 is 1.90 bits per heavy atom. The molecular weight excluding hydrogens is 543 g/mol. The molecule has 1 aliphatic carbocycles. The van der Waals surface area contributed by atoms with Crippen LogP contribution in [-0.4, -0.2) is 25.5 Å². The Hall–Kier alpha value is -2.14. The van der Waals surface area contributed by atoms with E-state index in [0.717, 1.165) is 22.9 Å². The van der Waals surface area contributed by atoms with E-state index in [1.165, 1.54) is 4.68 Å². The first-order valence-corrected chi connectivity index (χ1v) is 11.2. The standard InChI is InChI=1S/C20H18Br2F3N5O/c21-14-5-1-12(2-6-14)10-29-11-15(9-26-29)27-16(31)7-8-30-18(13-3-4-13)17(22)19(28-30)20(23,24)25/h1-2,5-6,9,11,13H,3-4,7-8,10H2,(H,27,31). The van der Waals surface area contributed by atoms with Gasteiger partial charge in [-0.1, -0.05) is 28.1 Å². The van der Waals surface area contributed by atoms with Crippen molar-refractivity contribution in [1.82, 2.24) is 19.6 Å². The molecule has 0 atom stereocenters. The zero-order valence-electron chi connectivity index (χ0n) is 16.2. The van der Waals surface area contributed by atoms with Gasteiger partial charge in [-0.25, -0.2) is 0 Å². The molecule has 0 saturated heterocycles. The van der Waals surface area contributed by atoms with E-state index >= 15 is 0 Å². The fraction of sp³-hybridized carbons (Fsp3) is 0.350. The zero-order valence-corrected chi connectivity index (χ0v) is 19.3. The fourth-order valence-corrected chi connectivity index (χ4v) is 4.37. The highest BCUT2D eigenvalue weighted by molar-refractivity contribution is 9.10. The van der Waals surface area contributed by atoms with Crippen LogP contribution in [-0.2, 0) is 24.1 Å². The molecule has 1 fully saturated rings. The van der Waals surface area contributed by atoms with Crippen molar-refractivity contribution in [2.75, 3.05) is 5.32 Å². The average molecular weight is 561 g/mol.